The Labute approximate surface area is 136 Å². The van der Waals surface area contributed by atoms with Crippen molar-refractivity contribution in [1.82, 2.24) is 10.6 Å². The summed E-state index contributed by atoms with van der Waals surface area (Å²) >= 11 is 0. The van der Waals surface area contributed by atoms with E-state index in [1.54, 1.807) is 20.4 Å². The van der Waals surface area contributed by atoms with Gasteiger partial charge in [-0.25, -0.2) is 0 Å². The fourth-order valence-electron chi connectivity index (χ4n) is 1.94. The van der Waals surface area contributed by atoms with Gasteiger partial charge in [-0.05, 0) is 29.8 Å². The highest BCUT2D eigenvalue weighted by Gasteiger charge is 2.01. The van der Waals surface area contributed by atoms with Gasteiger partial charge >= 0.3 is 0 Å². The lowest BCUT2D eigenvalue weighted by atomic mass is 10.2. The van der Waals surface area contributed by atoms with E-state index >= 15 is 0 Å². The van der Waals surface area contributed by atoms with Gasteiger partial charge in [-0.15, -0.1) is 0 Å². The maximum absolute atomic E-state index is 5.54. The van der Waals surface area contributed by atoms with Gasteiger partial charge in [0.1, 0.15) is 18.1 Å². The van der Waals surface area contributed by atoms with Gasteiger partial charge in [-0.1, -0.05) is 12.1 Å². The van der Waals surface area contributed by atoms with Crippen LogP contribution < -0.4 is 15.4 Å². The maximum atomic E-state index is 5.54. The maximum Gasteiger partial charge on any atom is 0.191 e. The highest BCUT2D eigenvalue weighted by atomic mass is 16.5. The zero-order valence-electron chi connectivity index (χ0n) is 13.5. The van der Waals surface area contributed by atoms with E-state index in [2.05, 4.69) is 15.6 Å². The van der Waals surface area contributed by atoms with Crippen LogP contribution >= 0.6 is 0 Å². The van der Waals surface area contributed by atoms with Gasteiger partial charge in [0.05, 0.1) is 19.4 Å². The minimum Gasteiger partial charge on any atom is -0.491 e. The highest BCUT2D eigenvalue weighted by Crippen LogP contribution is 2.11. The van der Waals surface area contributed by atoms with Gasteiger partial charge in [0.2, 0.25) is 0 Å². The van der Waals surface area contributed by atoms with E-state index in [1.807, 2.05) is 36.4 Å². The quantitative estimate of drug-likeness (QED) is 0.444. The van der Waals surface area contributed by atoms with E-state index in [9.17, 15) is 0 Å². The van der Waals surface area contributed by atoms with Crippen LogP contribution in [0.15, 0.2) is 52.1 Å². The Hall–Kier alpha value is -2.47. The number of aliphatic imine (C=N–C) groups is 1. The molecule has 0 unspecified atom stereocenters. The SMILES string of the molecule is CN=C(NCc1ccc(OCCOC)cc1)NCc1ccco1. The van der Waals surface area contributed by atoms with E-state index in [1.165, 1.54) is 0 Å². The summed E-state index contributed by atoms with van der Waals surface area (Å²) in [5.41, 5.74) is 1.14. The summed E-state index contributed by atoms with van der Waals surface area (Å²) in [6, 6.07) is 11.7. The molecule has 1 aromatic carbocycles. The molecule has 0 atom stereocenters. The van der Waals surface area contributed by atoms with Crippen molar-refractivity contribution < 1.29 is 13.9 Å². The van der Waals surface area contributed by atoms with E-state index in [-0.39, 0.29) is 0 Å². The lowest BCUT2D eigenvalue weighted by Crippen LogP contribution is -2.36. The third-order valence-electron chi connectivity index (χ3n) is 3.17. The Balaban J connectivity index is 1.75. The fourth-order valence-corrected chi connectivity index (χ4v) is 1.94. The number of nitrogens with one attached hydrogen (secondary N) is 2. The van der Waals surface area contributed by atoms with Crippen LogP contribution in [0, 0.1) is 0 Å². The van der Waals surface area contributed by atoms with Crippen molar-refractivity contribution in [2.75, 3.05) is 27.4 Å². The molecular formula is C17H23N3O3. The van der Waals surface area contributed by atoms with Gasteiger partial charge < -0.3 is 24.5 Å². The van der Waals surface area contributed by atoms with Crippen molar-refractivity contribution in [3.63, 3.8) is 0 Å². The number of hydrogen-bond acceptors (Lipinski definition) is 4. The molecular weight excluding hydrogens is 294 g/mol. The Kier molecular flexibility index (Phi) is 7.00. The molecule has 0 radical (unpaired) electrons. The standard InChI is InChI=1S/C17H23N3O3/c1-18-17(20-13-16-4-3-9-22-16)19-12-14-5-7-15(8-6-14)23-11-10-21-2/h3-9H,10-13H2,1-2H3,(H2,18,19,20). The number of hydrogen-bond donors (Lipinski definition) is 2. The summed E-state index contributed by atoms with van der Waals surface area (Å²) in [6.45, 7) is 2.41. The van der Waals surface area contributed by atoms with Gasteiger partial charge in [-0.2, -0.15) is 0 Å². The Bertz CT molecular complexity index is 580. The summed E-state index contributed by atoms with van der Waals surface area (Å²) in [6.07, 6.45) is 1.66. The molecule has 0 amide bonds. The van der Waals surface area contributed by atoms with Gasteiger partial charge in [-0.3, -0.25) is 4.99 Å². The van der Waals surface area contributed by atoms with Crippen molar-refractivity contribution >= 4 is 5.96 Å². The molecule has 0 aliphatic heterocycles. The third kappa shape index (κ3) is 6.04. The van der Waals surface area contributed by atoms with Gasteiger partial charge in [0.25, 0.3) is 0 Å². The summed E-state index contributed by atoms with van der Waals surface area (Å²) in [7, 11) is 3.40. The van der Waals surface area contributed by atoms with Gasteiger partial charge in [0, 0.05) is 20.7 Å². The molecule has 6 nitrogen and oxygen atoms in total. The number of furan rings is 1. The normalized spacial score (nSPS) is 11.3. The van der Waals surface area contributed by atoms with E-state index in [4.69, 9.17) is 13.9 Å². The van der Waals surface area contributed by atoms with E-state index in [0.717, 1.165) is 23.0 Å². The molecule has 1 aromatic heterocycles. The molecule has 2 rings (SSSR count). The highest BCUT2D eigenvalue weighted by molar-refractivity contribution is 5.79. The van der Waals surface area contributed by atoms with Crippen molar-refractivity contribution in [3.05, 3.63) is 54.0 Å². The third-order valence-corrected chi connectivity index (χ3v) is 3.17. The first-order chi connectivity index (χ1) is 11.3. The predicted molar refractivity (Wildman–Crippen MR) is 89.6 cm³/mol. The first-order valence-electron chi connectivity index (χ1n) is 7.49. The Morgan fingerprint density at radius 1 is 1.09 bits per heavy atom. The Morgan fingerprint density at radius 3 is 2.52 bits per heavy atom. The summed E-state index contributed by atoms with van der Waals surface area (Å²) in [5, 5.41) is 6.45. The van der Waals surface area contributed by atoms with Crippen LogP contribution in [0.4, 0.5) is 0 Å². The molecule has 0 saturated carbocycles. The lowest BCUT2D eigenvalue weighted by molar-refractivity contribution is 0.146. The van der Waals surface area contributed by atoms with Crippen LogP contribution in [-0.4, -0.2) is 33.3 Å². The Morgan fingerprint density at radius 2 is 1.87 bits per heavy atom. The summed E-state index contributed by atoms with van der Waals surface area (Å²) in [5.74, 6) is 2.43. The monoisotopic (exact) mass is 317 g/mol. The van der Waals surface area contributed by atoms with Crippen molar-refractivity contribution in [2.45, 2.75) is 13.1 Å². The second kappa shape index (κ2) is 9.53. The summed E-state index contributed by atoms with van der Waals surface area (Å²) < 4.78 is 15.8. The van der Waals surface area contributed by atoms with E-state index in [0.29, 0.717) is 26.3 Å². The van der Waals surface area contributed by atoms with Crippen LogP contribution in [0.2, 0.25) is 0 Å². The topological polar surface area (TPSA) is 68.0 Å². The number of benzene rings is 1. The number of rotatable bonds is 8. The lowest BCUT2D eigenvalue weighted by Gasteiger charge is -2.11. The zero-order chi connectivity index (χ0) is 16.3. The molecule has 2 N–H and O–H groups in total. The van der Waals surface area contributed by atoms with Crippen molar-refractivity contribution in [1.29, 1.82) is 0 Å². The van der Waals surface area contributed by atoms with Crippen LogP contribution in [0.25, 0.3) is 0 Å². The molecule has 0 aliphatic rings. The van der Waals surface area contributed by atoms with Crippen LogP contribution in [-0.2, 0) is 17.8 Å². The molecule has 0 saturated heterocycles. The van der Waals surface area contributed by atoms with Crippen molar-refractivity contribution in [2.24, 2.45) is 4.99 Å². The molecule has 23 heavy (non-hydrogen) atoms. The number of ether oxygens (including phenoxy) is 2. The average molecular weight is 317 g/mol. The molecule has 0 spiro atoms. The predicted octanol–water partition coefficient (Wildman–Crippen LogP) is 2.17. The van der Waals surface area contributed by atoms with Gasteiger partial charge in [0.15, 0.2) is 5.96 Å². The molecule has 124 valence electrons. The molecule has 0 bridgehead atoms. The largest absolute Gasteiger partial charge is 0.491 e. The van der Waals surface area contributed by atoms with Crippen LogP contribution in [0.5, 0.6) is 5.75 Å². The average Bonchev–Trinajstić information content (AvgIpc) is 3.10. The fraction of sp³-hybridized carbons (Fsp3) is 0.353. The number of methoxy groups -OCH3 is 1. The minimum absolute atomic E-state index is 0.553. The first-order valence-corrected chi connectivity index (χ1v) is 7.49. The van der Waals surface area contributed by atoms with E-state index < -0.39 is 0 Å². The second-order valence-electron chi connectivity index (χ2n) is 4.84. The van der Waals surface area contributed by atoms with Crippen molar-refractivity contribution in [3.8, 4) is 5.75 Å². The molecule has 1 heterocycles. The number of nitrogens with zero attached hydrogens (tertiary/aromatic N) is 1. The molecule has 0 aliphatic carbocycles. The smallest absolute Gasteiger partial charge is 0.191 e. The first kappa shape index (κ1) is 16.9. The molecule has 6 heteroatoms. The van der Waals surface area contributed by atoms with Crippen LogP contribution in [0.1, 0.15) is 11.3 Å². The summed E-state index contributed by atoms with van der Waals surface area (Å²) in [4.78, 5) is 4.18. The molecule has 0 fully saturated rings. The second-order valence-corrected chi connectivity index (χ2v) is 4.84. The van der Waals surface area contributed by atoms with Crippen LogP contribution in [0.3, 0.4) is 0 Å². The molecule has 2 aromatic rings. The minimum atomic E-state index is 0.553. The zero-order valence-corrected chi connectivity index (χ0v) is 13.5. The number of guanidine groups is 1.